The Morgan fingerprint density at radius 1 is 1.12 bits per heavy atom. The average Bonchev–Trinajstić information content (AvgIpc) is 3.07. The summed E-state index contributed by atoms with van der Waals surface area (Å²) in [4.78, 5) is 12.1. The van der Waals surface area contributed by atoms with Crippen molar-refractivity contribution in [3.8, 4) is 11.5 Å². The lowest BCUT2D eigenvalue weighted by atomic mass is 10.0. The van der Waals surface area contributed by atoms with Gasteiger partial charge in [-0.25, -0.2) is 5.01 Å². The molecular weight excluding hydrogens is 340 g/mol. The van der Waals surface area contributed by atoms with Gasteiger partial charge in [0, 0.05) is 17.5 Å². The van der Waals surface area contributed by atoms with Gasteiger partial charge in [0.25, 0.3) is 0 Å². The molecule has 1 aliphatic heterocycles. The highest BCUT2D eigenvalue weighted by Crippen LogP contribution is 2.37. The number of hydrogen-bond donors (Lipinski definition) is 1. The van der Waals surface area contributed by atoms with Crippen LogP contribution < -0.4 is 14.9 Å². The van der Waals surface area contributed by atoms with E-state index in [1.54, 1.807) is 19.2 Å². The second-order valence-corrected chi connectivity index (χ2v) is 6.02. The van der Waals surface area contributed by atoms with Crippen molar-refractivity contribution in [2.45, 2.75) is 13.0 Å². The third kappa shape index (κ3) is 3.28. The smallest absolute Gasteiger partial charge is 0.238 e. The quantitative estimate of drug-likeness (QED) is 0.903. The topological polar surface area (TPSA) is 50.8 Å². The first-order valence-corrected chi connectivity index (χ1v) is 8.18. The van der Waals surface area contributed by atoms with Crippen LogP contribution in [0.15, 0.2) is 48.5 Å². The van der Waals surface area contributed by atoms with E-state index in [1.807, 2.05) is 48.5 Å². The summed E-state index contributed by atoms with van der Waals surface area (Å²) in [5.41, 5.74) is 5.72. The van der Waals surface area contributed by atoms with Crippen LogP contribution in [-0.2, 0) is 4.79 Å². The molecule has 2 aromatic rings. The molecule has 1 N–H and O–H groups in total. The number of benzene rings is 2. The van der Waals surface area contributed by atoms with Crippen molar-refractivity contribution in [1.29, 1.82) is 0 Å². The molecule has 25 heavy (non-hydrogen) atoms. The summed E-state index contributed by atoms with van der Waals surface area (Å²) in [5.74, 6) is 1.17. The van der Waals surface area contributed by atoms with Crippen molar-refractivity contribution in [3.05, 3.63) is 64.7 Å². The van der Waals surface area contributed by atoms with Gasteiger partial charge in [-0.1, -0.05) is 29.8 Å². The molecule has 0 fully saturated rings. The molecule has 0 saturated carbocycles. The van der Waals surface area contributed by atoms with E-state index in [0.717, 1.165) is 16.8 Å². The first kappa shape index (κ1) is 17.2. The van der Waals surface area contributed by atoms with E-state index < -0.39 is 0 Å². The van der Waals surface area contributed by atoms with Crippen LogP contribution in [0.2, 0.25) is 5.02 Å². The van der Waals surface area contributed by atoms with E-state index in [2.05, 4.69) is 5.43 Å². The minimum absolute atomic E-state index is 0.100. The maximum atomic E-state index is 12.1. The normalized spacial score (nSPS) is 16.2. The van der Waals surface area contributed by atoms with E-state index in [1.165, 1.54) is 6.92 Å². The van der Waals surface area contributed by atoms with Crippen LogP contribution in [0.5, 0.6) is 11.5 Å². The third-order valence-corrected chi connectivity index (χ3v) is 4.45. The van der Waals surface area contributed by atoms with E-state index in [4.69, 9.17) is 21.1 Å². The summed E-state index contributed by atoms with van der Waals surface area (Å²) in [5, 5.41) is 2.18. The summed E-state index contributed by atoms with van der Waals surface area (Å²) in [7, 11) is 3.18. The standard InChI is InChI=1S/C19H19ClN2O3/c1-12(23)22-17(14-6-4-5-7-15(14)20)11-16(21-22)13-8-9-18(24-2)19(10-13)25-3/h4-11,17,21H,1-3H3/t17-/m1/s1. The zero-order valence-corrected chi connectivity index (χ0v) is 15.0. The Bertz CT molecular complexity index is 835. The number of hydrogen-bond acceptors (Lipinski definition) is 4. The largest absolute Gasteiger partial charge is 0.493 e. The van der Waals surface area contributed by atoms with E-state index >= 15 is 0 Å². The van der Waals surface area contributed by atoms with Crippen LogP contribution in [0, 0.1) is 0 Å². The highest BCUT2D eigenvalue weighted by atomic mass is 35.5. The van der Waals surface area contributed by atoms with Crippen molar-refractivity contribution in [1.82, 2.24) is 10.4 Å². The SMILES string of the molecule is COc1ccc(C2=C[C@H](c3ccccc3Cl)N(C(C)=O)N2)cc1OC. The summed E-state index contributed by atoms with van der Waals surface area (Å²) in [6.07, 6.45) is 1.98. The van der Waals surface area contributed by atoms with Gasteiger partial charge in [0.1, 0.15) is 6.04 Å². The Hall–Kier alpha value is -2.66. The maximum absolute atomic E-state index is 12.1. The average molecular weight is 359 g/mol. The van der Waals surface area contributed by atoms with Crippen LogP contribution in [0.3, 0.4) is 0 Å². The van der Waals surface area contributed by atoms with Crippen molar-refractivity contribution in [3.63, 3.8) is 0 Å². The number of hydrazine groups is 1. The van der Waals surface area contributed by atoms with Gasteiger partial charge in [0.05, 0.1) is 19.9 Å². The molecule has 2 aromatic carbocycles. The molecule has 0 aromatic heterocycles. The Labute approximate surface area is 151 Å². The predicted octanol–water partition coefficient (Wildman–Crippen LogP) is 3.81. The molecule has 0 bridgehead atoms. The van der Waals surface area contributed by atoms with Crippen molar-refractivity contribution < 1.29 is 14.3 Å². The van der Waals surface area contributed by atoms with Crippen LogP contribution in [0.1, 0.15) is 24.1 Å². The molecule has 3 rings (SSSR count). The fourth-order valence-corrected chi connectivity index (χ4v) is 3.10. The fourth-order valence-electron chi connectivity index (χ4n) is 2.85. The molecule has 0 radical (unpaired) electrons. The lowest BCUT2D eigenvalue weighted by Crippen LogP contribution is -2.37. The Balaban J connectivity index is 2.02. The maximum Gasteiger partial charge on any atom is 0.238 e. The summed E-state index contributed by atoms with van der Waals surface area (Å²) in [6.45, 7) is 1.52. The Kier molecular flexibility index (Phi) is 4.86. The molecule has 1 amide bonds. The number of carbonyl (C=O) groups excluding carboxylic acids is 1. The minimum Gasteiger partial charge on any atom is -0.493 e. The predicted molar refractivity (Wildman–Crippen MR) is 97.4 cm³/mol. The van der Waals surface area contributed by atoms with E-state index in [0.29, 0.717) is 16.5 Å². The molecule has 1 atom stereocenters. The van der Waals surface area contributed by atoms with Crippen LogP contribution in [-0.4, -0.2) is 25.1 Å². The van der Waals surface area contributed by atoms with E-state index in [-0.39, 0.29) is 11.9 Å². The number of carbonyl (C=O) groups is 1. The summed E-state index contributed by atoms with van der Waals surface area (Å²) >= 11 is 6.32. The highest BCUT2D eigenvalue weighted by Gasteiger charge is 2.30. The number of halogens is 1. The van der Waals surface area contributed by atoms with Gasteiger partial charge in [0.2, 0.25) is 5.91 Å². The number of amides is 1. The monoisotopic (exact) mass is 358 g/mol. The molecule has 0 spiro atoms. The first-order valence-electron chi connectivity index (χ1n) is 7.80. The summed E-state index contributed by atoms with van der Waals surface area (Å²) in [6, 6.07) is 12.8. The molecule has 5 nitrogen and oxygen atoms in total. The minimum atomic E-state index is -0.283. The van der Waals surface area contributed by atoms with Crippen LogP contribution in [0.4, 0.5) is 0 Å². The van der Waals surface area contributed by atoms with Gasteiger partial charge in [-0.2, -0.15) is 0 Å². The molecule has 0 saturated heterocycles. The second kappa shape index (κ2) is 7.07. The van der Waals surface area contributed by atoms with Crippen LogP contribution in [0.25, 0.3) is 5.70 Å². The Morgan fingerprint density at radius 2 is 1.84 bits per heavy atom. The lowest BCUT2D eigenvalue weighted by Gasteiger charge is -2.24. The van der Waals surface area contributed by atoms with Crippen molar-refractivity contribution >= 4 is 23.2 Å². The second-order valence-electron chi connectivity index (χ2n) is 5.62. The molecule has 130 valence electrons. The van der Waals surface area contributed by atoms with Gasteiger partial charge in [-0.3, -0.25) is 10.2 Å². The van der Waals surface area contributed by atoms with Gasteiger partial charge < -0.3 is 9.47 Å². The Morgan fingerprint density at radius 3 is 2.48 bits per heavy atom. The molecular formula is C19H19ClN2O3. The lowest BCUT2D eigenvalue weighted by molar-refractivity contribution is -0.132. The molecule has 0 aliphatic carbocycles. The number of rotatable bonds is 4. The highest BCUT2D eigenvalue weighted by molar-refractivity contribution is 6.31. The number of nitrogens with zero attached hydrogens (tertiary/aromatic N) is 1. The van der Waals surface area contributed by atoms with Crippen molar-refractivity contribution in [2.75, 3.05) is 14.2 Å². The zero-order chi connectivity index (χ0) is 18.0. The molecule has 0 unspecified atom stereocenters. The fraction of sp³-hybridized carbons (Fsp3) is 0.211. The molecule has 1 aliphatic rings. The van der Waals surface area contributed by atoms with Gasteiger partial charge in [-0.05, 0) is 35.9 Å². The number of methoxy groups -OCH3 is 2. The number of ether oxygens (including phenoxy) is 2. The molecule has 1 heterocycles. The van der Waals surface area contributed by atoms with Gasteiger partial charge in [0.15, 0.2) is 11.5 Å². The van der Waals surface area contributed by atoms with Crippen LogP contribution >= 0.6 is 11.6 Å². The van der Waals surface area contributed by atoms with E-state index in [9.17, 15) is 4.79 Å². The van der Waals surface area contributed by atoms with Crippen molar-refractivity contribution in [2.24, 2.45) is 0 Å². The third-order valence-electron chi connectivity index (χ3n) is 4.10. The first-order chi connectivity index (χ1) is 12.0. The molecule has 6 heteroatoms. The summed E-state index contributed by atoms with van der Waals surface area (Å²) < 4.78 is 10.6. The van der Waals surface area contributed by atoms with Gasteiger partial charge >= 0.3 is 0 Å². The van der Waals surface area contributed by atoms with Gasteiger partial charge in [-0.15, -0.1) is 0 Å². The number of nitrogens with one attached hydrogen (secondary N) is 1. The zero-order valence-electron chi connectivity index (χ0n) is 14.2.